The smallest absolute Gasteiger partial charge is 0.228 e. The first-order valence-corrected chi connectivity index (χ1v) is 5.55. The summed E-state index contributed by atoms with van der Waals surface area (Å²) in [6.45, 7) is 5.25. The minimum Gasteiger partial charge on any atom is -0.330 e. The zero-order chi connectivity index (χ0) is 11.7. The number of hydrogen-bond donors (Lipinski definition) is 1. The Bertz CT molecular complexity index is 417. The van der Waals surface area contributed by atoms with Gasteiger partial charge in [0.15, 0.2) is 0 Å². The van der Waals surface area contributed by atoms with Crippen LogP contribution in [0, 0.1) is 19.8 Å². The van der Waals surface area contributed by atoms with Crippen LogP contribution in [0.25, 0.3) is 0 Å². The number of amides is 1. The van der Waals surface area contributed by atoms with Gasteiger partial charge in [0.25, 0.3) is 0 Å². The van der Waals surface area contributed by atoms with E-state index >= 15 is 0 Å². The molecule has 1 atom stereocenters. The van der Waals surface area contributed by atoms with Crippen LogP contribution in [0.15, 0.2) is 12.3 Å². The van der Waals surface area contributed by atoms with Crippen LogP contribution in [0.5, 0.6) is 0 Å². The Morgan fingerprint density at radius 2 is 2.31 bits per heavy atom. The maximum Gasteiger partial charge on any atom is 0.228 e. The normalized spacial score (nSPS) is 20.6. The third-order valence-corrected chi connectivity index (χ3v) is 2.98. The summed E-state index contributed by atoms with van der Waals surface area (Å²) in [5, 5.41) is 0. The molecule has 4 nitrogen and oxygen atoms in total. The zero-order valence-corrected chi connectivity index (χ0v) is 9.73. The molecular weight excluding hydrogens is 202 g/mol. The predicted molar refractivity (Wildman–Crippen MR) is 63.2 cm³/mol. The third kappa shape index (κ3) is 1.93. The average molecular weight is 219 g/mol. The molecule has 1 saturated heterocycles. The number of nitrogens with zero attached hydrogens (tertiary/aromatic N) is 2. The summed E-state index contributed by atoms with van der Waals surface area (Å²) >= 11 is 0. The molecular formula is C12H17N3O. The van der Waals surface area contributed by atoms with Crippen molar-refractivity contribution in [2.45, 2.75) is 20.3 Å². The van der Waals surface area contributed by atoms with Gasteiger partial charge in [0.05, 0.1) is 0 Å². The Hall–Kier alpha value is -1.42. The van der Waals surface area contributed by atoms with Gasteiger partial charge in [-0.2, -0.15) is 0 Å². The van der Waals surface area contributed by atoms with Gasteiger partial charge in [0, 0.05) is 19.2 Å². The van der Waals surface area contributed by atoms with Crippen molar-refractivity contribution in [2.75, 3.05) is 18.0 Å². The largest absolute Gasteiger partial charge is 0.330 e. The van der Waals surface area contributed by atoms with Crippen LogP contribution in [-0.4, -0.2) is 24.0 Å². The first-order valence-electron chi connectivity index (χ1n) is 5.55. The summed E-state index contributed by atoms with van der Waals surface area (Å²) < 4.78 is 0. The number of pyridine rings is 1. The summed E-state index contributed by atoms with van der Waals surface area (Å²) in [5.74, 6) is 1.19. The van der Waals surface area contributed by atoms with Crippen LogP contribution in [0.3, 0.4) is 0 Å². The molecule has 1 unspecified atom stereocenters. The van der Waals surface area contributed by atoms with Gasteiger partial charge in [-0.25, -0.2) is 4.98 Å². The fourth-order valence-electron chi connectivity index (χ4n) is 2.13. The van der Waals surface area contributed by atoms with Crippen molar-refractivity contribution in [3.63, 3.8) is 0 Å². The zero-order valence-electron chi connectivity index (χ0n) is 9.73. The first-order chi connectivity index (χ1) is 7.61. The van der Waals surface area contributed by atoms with Crippen molar-refractivity contribution >= 4 is 11.7 Å². The van der Waals surface area contributed by atoms with E-state index in [4.69, 9.17) is 5.73 Å². The van der Waals surface area contributed by atoms with E-state index in [0.29, 0.717) is 19.5 Å². The summed E-state index contributed by atoms with van der Waals surface area (Å²) in [6, 6.07) is 2.05. The highest BCUT2D eigenvalue weighted by Crippen LogP contribution is 2.25. The second-order valence-electron chi connectivity index (χ2n) is 4.46. The lowest BCUT2D eigenvalue weighted by atomic mass is 10.1. The number of carbonyl (C=O) groups excluding carboxylic acids is 1. The van der Waals surface area contributed by atoms with E-state index in [1.54, 1.807) is 11.1 Å². The topological polar surface area (TPSA) is 59.2 Å². The molecule has 86 valence electrons. The number of aromatic nitrogens is 1. The van der Waals surface area contributed by atoms with Crippen LogP contribution >= 0.6 is 0 Å². The molecule has 1 aliphatic heterocycles. The monoisotopic (exact) mass is 219 g/mol. The Labute approximate surface area is 95.5 Å². The SMILES string of the molecule is Cc1cnc(N2CC(CN)CC2=O)c(C)c1. The molecule has 0 radical (unpaired) electrons. The van der Waals surface area contributed by atoms with E-state index in [9.17, 15) is 4.79 Å². The highest BCUT2D eigenvalue weighted by atomic mass is 16.2. The van der Waals surface area contributed by atoms with Gasteiger partial charge in [0.2, 0.25) is 5.91 Å². The van der Waals surface area contributed by atoms with Gasteiger partial charge in [0.1, 0.15) is 5.82 Å². The molecule has 4 heteroatoms. The third-order valence-electron chi connectivity index (χ3n) is 2.98. The fraction of sp³-hybridized carbons (Fsp3) is 0.500. The number of aryl methyl sites for hydroxylation is 2. The Morgan fingerprint density at radius 3 is 2.88 bits per heavy atom. The molecule has 1 aliphatic rings. The summed E-state index contributed by atoms with van der Waals surface area (Å²) in [7, 11) is 0. The molecule has 0 saturated carbocycles. The number of hydrogen-bond acceptors (Lipinski definition) is 3. The van der Waals surface area contributed by atoms with Crippen LogP contribution in [0.4, 0.5) is 5.82 Å². The standard InChI is InChI=1S/C12H17N3O/c1-8-3-9(2)12(14-6-8)15-7-10(5-13)4-11(15)16/h3,6,10H,4-5,7,13H2,1-2H3. The summed E-state index contributed by atoms with van der Waals surface area (Å²) in [6.07, 6.45) is 2.34. The minimum atomic E-state index is 0.134. The van der Waals surface area contributed by atoms with Gasteiger partial charge in [-0.1, -0.05) is 6.07 Å². The molecule has 2 heterocycles. The Morgan fingerprint density at radius 1 is 1.56 bits per heavy atom. The second-order valence-corrected chi connectivity index (χ2v) is 4.46. The van der Waals surface area contributed by atoms with Crippen molar-refractivity contribution in [2.24, 2.45) is 11.7 Å². The second kappa shape index (κ2) is 4.22. The lowest BCUT2D eigenvalue weighted by Gasteiger charge is -2.17. The van der Waals surface area contributed by atoms with Gasteiger partial charge in [-0.3, -0.25) is 9.69 Å². The molecule has 0 bridgehead atoms. The molecule has 1 amide bonds. The van der Waals surface area contributed by atoms with Crippen LogP contribution < -0.4 is 10.6 Å². The van der Waals surface area contributed by atoms with E-state index in [1.807, 2.05) is 19.9 Å². The lowest BCUT2D eigenvalue weighted by Crippen LogP contribution is -2.27. The molecule has 0 spiro atoms. The fourth-order valence-corrected chi connectivity index (χ4v) is 2.13. The number of rotatable bonds is 2. The van der Waals surface area contributed by atoms with Gasteiger partial charge >= 0.3 is 0 Å². The molecule has 0 aromatic carbocycles. The molecule has 2 N–H and O–H groups in total. The molecule has 0 aliphatic carbocycles. The van der Waals surface area contributed by atoms with Crippen LogP contribution in [0.1, 0.15) is 17.5 Å². The quantitative estimate of drug-likeness (QED) is 0.807. The molecule has 1 aromatic heterocycles. The molecule has 1 fully saturated rings. The van der Waals surface area contributed by atoms with Gasteiger partial charge in [-0.05, 0) is 37.4 Å². The van der Waals surface area contributed by atoms with E-state index < -0.39 is 0 Å². The van der Waals surface area contributed by atoms with E-state index in [0.717, 1.165) is 16.9 Å². The van der Waals surface area contributed by atoms with Crippen molar-refractivity contribution in [3.05, 3.63) is 23.4 Å². The predicted octanol–water partition coefficient (Wildman–Crippen LogP) is 1.01. The molecule has 2 rings (SSSR count). The number of nitrogens with two attached hydrogens (primary N) is 1. The highest BCUT2D eigenvalue weighted by Gasteiger charge is 2.31. The minimum absolute atomic E-state index is 0.134. The highest BCUT2D eigenvalue weighted by molar-refractivity contribution is 5.95. The number of carbonyl (C=O) groups is 1. The first kappa shape index (κ1) is 11.1. The van der Waals surface area contributed by atoms with Crippen LogP contribution in [-0.2, 0) is 4.79 Å². The van der Waals surface area contributed by atoms with Crippen LogP contribution in [0.2, 0.25) is 0 Å². The van der Waals surface area contributed by atoms with Crippen molar-refractivity contribution < 1.29 is 4.79 Å². The Balaban J connectivity index is 2.28. The molecule has 1 aromatic rings. The van der Waals surface area contributed by atoms with Gasteiger partial charge in [-0.15, -0.1) is 0 Å². The van der Waals surface area contributed by atoms with Gasteiger partial charge < -0.3 is 5.73 Å². The average Bonchev–Trinajstić information content (AvgIpc) is 2.60. The molecule has 16 heavy (non-hydrogen) atoms. The lowest BCUT2D eigenvalue weighted by molar-refractivity contribution is -0.117. The van der Waals surface area contributed by atoms with Crippen molar-refractivity contribution in [1.29, 1.82) is 0 Å². The van der Waals surface area contributed by atoms with Crippen molar-refractivity contribution in [1.82, 2.24) is 4.98 Å². The van der Waals surface area contributed by atoms with E-state index in [2.05, 4.69) is 4.98 Å². The summed E-state index contributed by atoms with van der Waals surface area (Å²) in [4.78, 5) is 17.9. The Kier molecular flexibility index (Phi) is 2.92. The number of anilines is 1. The maximum absolute atomic E-state index is 11.8. The van der Waals surface area contributed by atoms with E-state index in [-0.39, 0.29) is 11.8 Å². The van der Waals surface area contributed by atoms with Crippen molar-refractivity contribution in [3.8, 4) is 0 Å². The maximum atomic E-state index is 11.8. The summed E-state index contributed by atoms with van der Waals surface area (Å²) in [5.41, 5.74) is 7.76. The van der Waals surface area contributed by atoms with E-state index in [1.165, 1.54) is 0 Å².